The average molecular weight is 248 g/mol. The number of aliphatic hydroxyl groups is 1. The number of carboxylic acid groups (broad SMARTS) is 1. The maximum atomic E-state index is 10.3. The number of carboxylic acids is 1. The number of aliphatic hydroxyl groups excluding tert-OH is 1. The summed E-state index contributed by atoms with van der Waals surface area (Å²) in [5, 5.41) is 26.6. The quantitative estimate of drug-likeness (QED) is 0.444. The molecule has 0 aliphatic carbocycles. The maximum absolute atomic E-state index is 10.3. The number of carbonyl (C=O) groups is 1. The Labute approximate surface area is 98.4 Å². The van der Waals surface area contributed by atoms with Crippen molar-refractivity contribution in [2.75, 3.05) is 5.73 Å². The summed E-state index contributed by atoms with van der Waals surface area (Å²) in [6, 6.07) is 4.30. The first kappa shape index (κ1) is 13.8. The first-order valence-electron chi connectivity index (χ1n) is 3.99. The predicted octanol–water partition coefficient (Wildman–Crippen LogP) is -0.0401. The van der Waals surface area contributed by atoms with Gasteiger partial charge >= 0.3 is 5.97 Å². The zero-order valence-corrected chi connectivity index (χ0v) is 9.19. The van der Waals surface area contributed by atoms with E-state index in [9.17, 15) is 4.79 Å². The van der Waals surface area contributed by atoms with E-state index in [2.05, 4.69) is 0 Å². The molecule has 0 heterocycles. The number of hydrogen-bond donors (Lipinski definition) is 4. The Morgan fingerprint density at radius 2 is 2.07 bits per heavy atom. The van der Waals surface area contributed by atoms with Gasteiger partial charge in [-0.2, -0.15) is 0 Å². The van der Waals surface area contributed by atoms with Gasteiger partial charge in [0.05, 0.1) is 5.69 Å². The molecule has 0 aliphatic heterocycles. The third-order valence-electron chi connectivity index (χ3n) is 1.81. The second kappa shape index (κ2) is 5.65. The molecule has 1 rings (SSSR count). The zero-order valence-electron chi connectivity index (χ0n) is 7.79. The van der Waals surface area contributed by atoms with Crippen molar-refractivity contribution in [3.05, 3.63) is 23.8 Å². The number of nitrogen functional groups attached to an aromatic ring is 1. The van der Waals surface area contributed by atoms with E-state index in [0.29, 0.717) is 5.56 Å². The van der Waals surface area contributed by atoms with Gasteiger partial charge in [-0.15, -0.1) is 0 Å². The van der Waals surface area contributed by atoms with Gasteiger partial charge in [0.15, 0.2) is 6.10 Å². The Balaban J connectivity index is 0.00000196. The van der Waals surface area contributed by atoms with Crippen molar-refractivity contribution in [1.82, 2.24) is 0 Å². The number of aromatic hydroxyl groups is 1. The van der Waals surface area contributed by atoms with Crippen LogP contribution in [0.2, 0.25) is 0 Å². The van der Waals surface area contributed by atoms with E-state index in [1.807, 2.05) is 0 Å². The van der Waals surface area contributed by atoms with E-state index in [1.54, 1.807) is 0 Å². The summed E-state index contributed by atoms with van der Waals surface area (Å²) in [6.45, 7) is 0. The average Bonchev–Trinajstić information content (AvgIpc) is 2.11. The van der Waals surface area contributed by atoms with Gasteiger partial charge in [0.1, 0.15) is 5.75 Å². The molecular weight excluding hydrogens is 237 g/mol. The van der Waals surface area contributed by atoms with E-state index in [1.165, 1.54) is 18.2 Å². The Hall–Kier alpha value is -1.17. The summed E-state index contributed by atoms with van der Waals surface area (Å²) >= 11 is 0. The van der Waals surface area contributed by atoms with Crippen LogP contribution in [0.15, 0.2) is 18.2 Å². The number of aliphatic carboxylic acids is 1. The molecular formula is C9H11NO4V. The van der Waals surface area contributed by atoms with Crippen LogP contribution >= 0.6 is 0 Å². The van der Waals surface area contributed by atoms with Gasteiger partial charge in [0.2, 0.25) is 0 Å². The van der Waals surface area contributed by atoms with Gasteiger partial charge in [-0.25, -0.2) is 4.79 Å². The fourth-order valence-corrected chi connectivity index (χ4v) is 1.04. The molecule has 0 fully saturated rings. The zero-order chi connectivity index (χ0) is 10.7. The van der Waals surface area contributed by atoms with E-state index in [0.717, 1.165) is 0 Å². The first-order chi connectivity index (χ1) is 6.50. The number of phenolic OH excluding ortho intramolecular Hbond substituents is 1. The fraction of sp³-hybridized carbons (Fsp3) is 0.222. The van der Waals surface area contributed by atoms with Gasteiger partial charge in [-0.3, -0.25) is 0 Å². The van der Waals surface area contributed by atoms with Crippen LogP contribution in [0.5, 0.6) is 5.75 Å². The Morgan fingerprint density at radius 1 is 1.47 bits per heavy atom. The minimum Gasteiger partial charge on any atom is -0.506 e. The van der Waals surface area contributed by atoms with E-state index in [4.69, 9.17) is 21.1 Å². The Bertz CT molecular complexity index is 356. The molecule has 0 bridgehead atoms. The van der Waals surface area contributed by atoms with Crippen LogP contribution in [0.1, 0.15) is 5.56 Å². The molecule has 15 heavy (non-hydrogen) atoms. The smallest absolute Gasteiger partial charge is 0.332 e. The molecule has 6 heteroatoms. The van der Waals surface area contributed by atoms with Crippen LogP contribution in [0.25, 0.3) is 0 Å². The molecule has 81 valence electrons. The summed E-state index contributed by atoms with van der Waals surface area (Å²) in [4.78, 5) is 10.3. The van der Waals surface area contributed by atoms with Crippen molar-refractivity contribution < 1.29 is 38.7 Å². The van der Waals surface area contributed by atoms with Gasteiger partial charge in [-0.1, -0.05) is 6.07 Å². The van der Waals surface area contributed by atoms with Crippen LogP contribution in [0, 0.1) is 0 Å². The third kappa shape index (κ3) is 3.83. The molecule has 5 nitrogen and oxygen atoms in total. The normalized spacial score (nSPS) is 11.5. The summed E-state index contributed by atoms with van der Waals surface area (Å²) in [6.07, 6.45) is -1.47. The molecule has 0 saturated carbocycles. The van der Waals surface area contributed by atoms with E-state index >= 15 is 0 Å². The molecule has 1 unspecified atom stereocenters. The van der Waals surface area contributed by atoms with Crippen LogP contribution in [-0.2, 0) is 29.8 Å². The first-order valence-corrected chi connectivity index (χ1v) is 3.99. The van der Waals surface area contributed by atoms with Crippen molar-refractivity contribution in [3.63, 3.8) is 0 Å². The largest absolute Gasteiger partial charge is 0.506 e. The Morgan fingerprint density at radius 3 is 2.53 bits per heavy atom. The summed E-state index contributed by atoms with van der Waals surface area (Å²) in [7, 11) is 0. The minimum atomic E-state index is -1.45. The number of benzene rings is 1. The van der Waals surface area contributed by atoms with Crippen molar-refractivity contribution in [2.45, 2.75) is 12.5 Å². The number of hydrogen-bond acceptors (Lipinski definition) is 4. The topological polar surface area (TPSA) is 104 Å². The fourth-order valence-electron chi connectivity index (χ4n) is 1.04. The van der Waals surface area contributed by atoms with Crippen LogP contribution < -0.4 is 5.73 Å². The standard InChI is InChI=1S/C9H11NO4.V/c10-6-3-5(1-2-7(6)11)4-8(12)9(13)14;/h1-3,8,11-12H,4,10H2,(H,13,14);. The number of phenols is 1. The summed E-state index contributed by atoms with van der Waals surface area (Å²) in [5.41, 5.74) is 6.13. The molecule has 0 spiro atoms. The van der Waals surface area contributed by atoms with Gasteiger partial charge < -0.3 is 21.1 Å². The number of anilines is 1. The molecule has 1 aromatic rings. The summed E-state index contributed by atoms with van der Waals surface area (Å²) in [5.74, 6) is -1.34. The van der Waals surface area contributed by atoms with Crippen LogP contribution in [-0.4, -0.2) is 27.4 Å². The van der Waals surface area contributed by atoms with Gasteiger partial charge in [0, 0.05) is 25.0 Å². The molecule has 0 amide bonds. The van der Waals surface area contributed by atoms with Crippen molar-refractivity contribution in [1.29, 1.82) is 0 Å². The van der Waals surface area contributed by atoms with Gasteiger partial charge in [-0.05, 0) is 17.7 Å². The van der Waals surface area contributed by atoms with Crippen LogP contribution in [0.3, 0.4) is 0 Å². The van der Waals surface area contributed by atoms with Crippen molar-refractivity contribution in [3.8, 4) is 5.75 Å². The van der Waals surface area contributed by atoms with Crippen LogP contribution in [0.4, 0.5) is 5.69 Å². The SMILES string of the molecule is Nc1cc(CC(O)C(=O)O)ccc1O.[V]. The number of nitrogens with two attached hydrogens (primary N) is 1. The molecule has 0 aromatic heterocycles. The second-order valence-corrected chi connectivity index (χ2v) is 2.95. The predicted molar refractivity (Wildman–Crippen MR) is 49.9 cm³/mol. The molecule has 0 aliphatic rings. The molecule has 5 N–H and O–H groups in total. The number of rotatable bonds is 3. The van der Waals surface area contributed by atoms with E-state index in [-0.39, 0.29) is 36.4 Å². The van der Waals surface area contributed by atoms with Crippen molar-refractivity contribution >= 4 is 11.7 Å². The van der Waals surface area contributed by atoms with Gasteiger partial charge in [0.25, 0.3) is 0 Å². The molecule has 1 atom stereocenters. The third-order valence-corrected chi connectivity index (χ3v) is 1.81. The van der Waals surface area contributed by atoms with E-state index < -0.39 is 12.1 Å². The monoisotopic (exact) mass is 248 g/mol. The minimum absolute atomic E-state index is 0. The maximum Gasteiger partial charge on any atom is 0.332 e. The Kier molecular flexibility index (Phi) is 5.21. The van der Waals surface area contributed by atoms with Crippen molar-refractivity contribution in [2.24, 2.45) is 0 Å². The molecule has 1 aromatic carbocycles. The molecule has 0 saturated heterocycles. The second-order valence-electron chi connectivity index (χ2n) is 2.95. The summed E-state index contributed by atoms with van der Waals surface area (Å²) < 4.78 is 0. The molecule has 1 radical (unpaired) electrons.